The number of rotatable bonds is 5. The molecule has 39 heavy (non-hydrogen) atoms. The van der Waals surface area contributed by atoms with Crippen molar-refractivity contribution in [3.8, 4) is 0 Å². The predicted molar refractivity (Wildman–Crippen MR) is 133 cm³/mol. The number of carbonyl (C=O) groups is 1. The second-order valence-corrected chi connectivity index (χ2v) is 10.2. The number of fused-ring (bicyclic) bond motifs is 1. The van der Waals surface area contributed by atoms with Crippen molar-refractivity contribution in [2.75, 3.05) is 6.54 Å². The number of hydrogen-bond donors (Lipinski definition) is 1. The summed E-state index contributed by atoms with van der Waals surface area (Å²) >= 11 is 11.5. The maximum atomic E-state index is 14.3. The fourth-order valence-corrected chi connectivity index (χ4v) is 5.17. The molecule has 0 saturated carbocycles. The molecule has 1 amide bonds. The van der Waals surface area contributed by atoms with Crippen LogP contribution in [0.15, 0.2) is 34.1 Å². The van der Waals surface area contributed by atoms with Gasteiger partial charge in [-0.25, -0.2) is 4.39 Å². The van der Waals surface area contributed by atoms with Crippen molar-refractivity contribution < 1.29 is 31.7 Å². The van der Waals surface area contributed by atoms with Gasteiger partial charge in [0.15, 0.2) is 5.82 Å². The normalized spacial score (nSPS) is 18.7. The van der Waals surface area contributed by atoms with E-state index in [9.17, 15) is 22.4 Å². The fourth-order valence-electron chi connectivity index (χ4n) is 4.69. The van der Waals surface area contributed by atoms with E-state index in [0.29, 0.717) is 18.7 Å². The van der Waals surface area contributed by atoms with Gasteiger partial charge in [-0.1, -0.05) is 33.5 Å². The van der Waals surface area contributed by atoms with E-state index in [1.54, 1.807) is 17.9 Å². The van der Waals surface area contributed by atoms with E-state index < -0.39 is 39.6 Å². The van der Waals surface area contributed by atoms with E-state index >= 15 is 0 Å². The zero-order valence-corrected chi connectivity index (χ0v) is 22.1. The number of nitrogens with one attached hydrogen (secondary N) is 1. The lowest BCUT2D eigenvalue weighted by Gasteiger charge is -2.30. The molecule has 0 radical (unpaired) electrons. The van der Waals surface area contributed by atoms with Crippen LogP contribution in [0.3, 0.4) is 0 Å². The van der Waals surface area contributed by atoms with Gasteiger partial charge in [-0.3, -0.25) is 9.78 Å². The van der Waals surface area contributed by atoms with Gasteiger partial charge >= 0.3 is 6.18 Å². The molecule has 3 aromatic rings. The minimum Gasteiger partial charge on any atom is -0.372 e. The Kier molecular flexibility index (Phi) is 6.96. The number of nitrogens with zero attached hydrogens (tertiary/aromatic N) is 4. The summed E-state index contributed by atoms with van der Waals surface area (Å²) in [5.74, 6) is -0.683. The Hall–Kier alpha value is -3.38. The molecule has 1 aromatic carbocycles. The number of halogens is 6. The van der Waals surface area contributed by atoms with Crippen LogP contribution in [0, 0.1) is 19.7 Å². The van der Waals surface area contributed by atoms with Gasteiger partial charge in [0.25, 0.3) is 11.5 Å². The lowest BCUT2D eigenvalue weighted by Crippen LogP contribution is -2.44. The van der Waals surface area contributed by atoms with Crippen LogP contribution in [0.2, 0.25) is 10.0 Å². The molecule has 1 N–H and O–H groups in total. The topological polar surface area (TPSA) is 92.9 Å². The molecule has 2 aliphatic rings. The number of alkyl halides is 3. The van der Waals surface area contributed by atoms with E-state index in [4.69, 9.17) is 32.6 Å². The van der Waals surface area contributed by atoms with Gasteiger partial charge in [-0.05, 0) is 49.6 Å². The molecule has 206 valence electrons. The first-order valence-electron chi connectivity index (χ1n) is 11.8. The standard InChI is InChI=1S/C25H21Cl2F4N5O3/c1-12-17(13(2)38-34-12)3-4-32-23(37)20-5-14-10-36(11-15(14)9-33-20)21-8-24(39-35-21,25(29,30)31)16-6-18(26)22(28)19(27)7-16/h5-7,9H,3-4,8,10-11H2,1-2H3,(H,32,37). The Bertz CT molecular complexity index is 1450. The smallest absolute Gasteiger partial charge is 0.372 e. The van der Waals surface area contributed by atoms with Crippen molar-refractivity contribution in [2.45, 2.75) is 51.6 Å². The van der Waals surface area contributed by atoms with E-state index in [0.717, 1.165) is 34.5 Å². The summed E-state index contributed by atoms with van der Waals surface area (Å²) in [6, 6.07) is 3.29. The molecule has 0 fully saturated rings. The molecule has 1 atom stereocenters. The Morgan fingerprint density at radius 1 is 1.15 bits per heavy atom. The van der Waals surface area contributed by atoms with E-state index in [1.165, 1.54) is 6.20 Å². The van der Waals surface area contributed by atoms with Crippen LogP contribution < -0.4 is 5.32 Å². The second-order valence-electron chi connectivity index (χ2n) is 9.36. The fraction of sp³-hybridized carbons (Fsp3) is 0.360. The number of benzene rings is 1. The van der Waals surface area contributed by atoms with Crippen LogP contribution in [-0.4, -0.2) is 39.5 Å². The molecule has 0 saturated heterocycles. The Morgan fingerprint density at radius 3 is 2.49 bits per heavy atom. The number of oxime groups is 1. The van der Waals surface area contributed by atoms with Crippen LogP contribution in [0.25, 0.3) is 0 Å². The predicted octanol–water partition coefficient (Wildman–Crippen LogP) is 5.61. The highest BCUT2D eigenvalue weighted by Crippen LogP contribution is 2.50. The highest BCUT2D eigenvalue weighted by molar-refractivity contribution is 6.35. The number of carbonyl (C=O) groups excluding carboxylic acids is 1. The molecule has 1 unspecified atom stereocenters. The van der Waals surface area contributed by atoms with Crippen molar-refractivity contribution in [1.82, 2.24) is 20.4 Å². The van der Waals surface area contributed by atoms with Crippen molar-refractivity contribution in [1.29, 1.82) is 0 Å². The number of amides is 1. The van der Waals surface area contributed by atoms with Crippen molar-refractivity contribution in [3.63, 3.8) is 0 Å². The Balaban J connectivity index is 1.28. The number of pyridine rings is 1. The molecule has 0 bridgehead atoms. The first kappa shape index (κ1) is 27.2. The Labute approximate surface area is 229 Å². The molecule has 4 heterocycles. The molecule has 2 aromatic heterocycles. The van der Waals surface area contributed by atoms with E-state index in [2.05, 4.69) is 20.6 Å². The van der Waals surface area contributed by atoms with Gasteiger partial charge in [0, 0.05) is 37.0 Å². The highest BCUT2D eigenvalue weighted by Gasteiger charge is 2.63. The summed E-state index contributed by atoms with van der Waals surface area (Å²) in [6.07, 6.45) is -3.53. The Morgan fingerprint density at radius 2 is 1.85 bits per heavy atom. The quantitative estimate of drug-likeness (QED) is 0.309. The lowest BCUT2D eigenvalue weighted by molar-refractivity contribution is -0.275. The largest absolute Gasteiger partial charge is 0.435 e. The summed E-state index contributed by atoms with van der Waals surface area (Å²) in [7, 11) is 0. The maximum Gasteiger partial charge on any atom is 0.435 e. The monoisotopic (exact) mass is 585 g/mol. The number of aromatic nitrogens is 2. The van der Waals surface area contributed by atoms with Crippen LogP contribution in [-0.2, 0) is 29.9 Å². The third kappa shape index (κ3) is 4.91. The molecule has 2 aliphatic heterocycles. The molecule has 14 heteroatoms. The molecule has 0 spiro atoms. The average molecular weight is 586 g/mol. The third-order valence-electron chi connectivity index (χ3n) is 6.87. The van der Waals surface area contributed by atoms with Crippen LogP contribution in [0.5, 0.6) is 0 Å². The van der Waals surface area contributed by atoms with Crippen LogP contribution in [0.4, 0.5) is 17.6 Å². The van der Waals surface area contributed by atoms with Gasteiger partial charge in [0.1, 0.15) is 17.3 Å². The number of aryl methyl sites for hydroxylation is 2. The minimum atomic E-state index is -4.91. The van der Waals surface area contributed by atoms with Crippen molar-refractivity contribution in [2.24, 2.45) is 5.16 Å². The number of amidine groups is 1. The molecule has 0 aliphatic carbocycles. The summed E-state index contributed by atoms with van der Waals surface area (Å²) in [5.41, 5.74) is -0.0200. The molecular formula is C25H21Cl2F4N5O3. The zero-order chi connectivity index (χ0) is 28.1. The average Bonchev–Trinajstić information content (AvgIpc) is 3.59. The van der Waals surface area contributed by atoms with E-state index in [1.807, 2.05) is 6.92 Å². The van der Waals surface area contributed by atoms with Crippen molar-refractivity contribution in [3.05, 3.63) is 79.7 Å². The van der Waals surface area contributed by atoms with E-state index in [-0.39, 0.29) is 30.5 Å². The molecule has 8 nitrogen and oxygen atoms in total. The second kappa shape index (κ2) is 9.98. The van der Waals surface area contributed by atoms with Gasteiger partial charge in [-0.15, -0.1) is 0 Å². The summed E-state index contributed by atoms with van der Waals surface area (Å²) in [6.45, 7) is 4.38. The van der Waals surface area contributed by atoms with Gasteiger partial charge < -0.3 is 19.6 Å². The summed E-state index contributed by atoms with van der Waals surface area (Å²) in [5, 5.41) is 9.32. The third-order valence-corrected chi connectivity index (χ3v) is 7.42. The number of hydrogen-bond acceptors (Lipinski definition) is 7. The molecule has 5 rings (SSSR count). The first-order chi connectivity index (χ1) is 18.4. The van der Waals surface area contributed by atoms with Crippen LogP contribution >= 0.6 is 23.2 Å². The van der Waals surface area contributed by atoms with Crippen LogP contribution in [0.1, 0.15) is 50.6 Å². The van der Waals surface area contributed by atoms with Gasteiger partial charge in [0.05, 0.1) is 22.2 Å². The zero-order valence-electron chi connectivity index (χ0n) is 20.6. The van der Waals surface area contributed by atoms with Crippen molar-refractivity contribution >= 4 is 34.9 Å². The SMILES string of the molecule is Cc1noc(C)c1CCNC(=O)c1cc2c(cn1)CN(C1=NOC(c3cc(Cl)c(F)c(Cl)c3)(C(F)(F)F)C1)C2. The minimum absolute atomic E-state index is 0.0329. The van der Waals surface area contributed by atoms with Gasteiger partial charge in [-0.2, -0.15) is 13.2 Å². The van der Waals surface area contributed by atoms with Gasteiger partial charge in [0.2, 0.25) is 0 Å². The highest BCUT2D eigenvalue weighted by atomic mass is 35.5. The summed E-state index contributed by atoms with van der Waals surface area (Å²) < 4.78 is 61.9. The first-order valence-corrected chi connectivity index (χ1v) is 12.5. The maximum absolute atomic E-state index is 14.3. The molecular weight excluding hydrogens is 565 g/mol. The summed E-state index contributed by atoms with van der Waals surface area (Å²) in [4.78, 5) is 23.5. The lowest BCUT2D eigenvalue weighted by atomic mass is 9.89.